The third kappa shape index (κ3) is 2.81. The Labute approximate surface area is 121 Å². The molecule has 0 fully saturated rings. The van der Waals surface area contributed by atoms with Gasteiger partial charge in [-0.1, -0.05) is 42.5 Å². The van der Waals surface area contributed by atoms with Crippen LogP contribution in [0.5, 0.6) is 0 Å². The molecule has 0 saturated heterocycles. The van der Waals surface area contributed by atoms with E-state index < -0.39 is 34.3 Å². The van der Waals surface area contributed by atoms with Crippen LogP contribution >= 0.6 is 11.6 Å². The first-order chi connectivity index (χ1) is 9.57. The maximum absolute atomic E-state index is 13.2. The van der Waals surface area contributed by atoms with Gasteiger partial charge < -0.3 is 0 Å². The van der Waals surface area contributed by atoms with Gasteiger partial charge in [-0.25, -0.2) is 0 Å². The molecular formula is C14H9ClF6. The maximum atomic E-state index is 13.2. The van der Waals surface area contributed by atoms with Crippen molar-refractivity contribution in [1.82, 2.24) is 0 Å². The number of halogens is 7. The first-order valence-electron chi connectivity index (χ1n) is 5.85. The SMILES string of the molecule is FC(F)(F)c1ccccc1C1C=CC=CC1(Cl)C(F)(F)F. The molecule has 2 atom stereocenters. The van der Waals surface area contributed by atoms with Crippen molar-refractivity contribution in [2.45, 2.75) is 23.1 Å². The zero-order valence-electron chi connectivity index (χ0n) is 10.3. The van der Waals surface area contributed by atoms with E-state index in [0.29, 0.717) is 6.08 Å². The van der Waals surface area contributed by atoms with Gasteiger partial charge in [0.05, 0.1) is 5.56 Å². The van der Waals surface area contributed by atoms with Gasteiger partial charge in [-0.15, -0.1) is 11.6 Å². The normalized spacial score (nSPS) is 26.1. The number of rotatable bonds is 1. The van der Waals surface area contributed by atoms with Gasteiger partial charge >= 0.3 is 12.4 Å². The average Bonchev–Trinajstić information content (AvgIpc) is 2.37. The van der Waals surface area contributed by atoms with E-state index in [1.807, 2.05) is 0 Å². The Morgan fingerprint density at radius 2 is 1.57 bits per heavy atom. The summed E-state index contributed by atoms with van der Waals surface area (Å²) >= 11 is 5.64. The topological polar surface area (TPSA) is 0 Å². The van der Waals surface area contributed by atoms with E-state index >= 15 is 0 Å². The van der Waals surface area contributed by atoms with E-state index in [1.165, 1.54) is 12.1 Å². The van der Waals surface area contributed by atoms with Gasteiger partial charge in [0.2, 0.25) is 0 Å². The molecule has 114 valence electrons. The van der Waals surface area contributed by atoms with Gasteiger partial charge in [0.25, 0.3) is 0 Å². The minimum atomic E-state index is -4.89. The van der Waals surface area contributed by atoms with E-state index in [4.69, 9.17) is 11.6 Å². The summed E-state index contributed by atoms with van der Waals surface area (Å²) in [7, 11) is 0. The molecule has 0 aromatic heterocycles. The standard InChI is InChI=1S/C14H9ClF6/c15-12(14(19,20)21)8-4-3-6-10(12)9-5-1-2-7-11(9)13(16,17)18/h1-8,10H. The molecule has 0 heterocycles. The minimum Gasteiger partial charge on any atom is -0.169 e. The summed E-state index contributed by atoms with van der Waals surface area (Å²) in [5, 5.41) is 0. The third-order valence-corrected chi connectivity index (χ3v) is 3.82. The summed E-state index contributed by atoms with van der Waals surface area (Å²) in [6.45, 7) is 0. The number of alkyl halides is 7. The van der Waals surface area contributed by atoms with Crippen LogP contribution in [0.4, 0.5) is 26.3 Å². The van der Waals surface area contributed by atoms with Crippen LogP contribution in [0.2, 0.25) is 0 Å². The molecule has 2 rings (SSSR count). The van der Waals surface area contributed by atoms with Crippen LogP contribution in [0.1, 0.15) is 17.0 Å². The van der Waals surface area contributed by atoms with Gasteiger partial charge in [-0.2, -0.15) is 26.3 Å². The second-order valence-electron chi connectivity index (χ2n) is 4.57. The smallest absolute Gasteiger partial charge is 0.169 e. The predicted molar refractivity (Wildman–Crippen MR) is 67.1 cm³/mol. The minimum absolute atomic E-state index is 0.502. The lowest BCUT2D eigenvalue weighted by Crippen LogP contribution is -2.44. The Kier molecular flexibility index (Phi) is 3.86. The van der Waals surface area contributed by atoms with Crippen LogP contribution in [-0.2, 0) is 6.18 Å². The lowest BCUT2D eigenvalue weighted by atomic mass is 9.79. The molecule has 1 aliphatic rings. The maximum Gasteiger partial charge on any atom is 0.416 e. The molecule has 1 aromatic carbocycles. The molecule has 21 heavy (non-hydrogen) atoms. The monoisotopic (exact) mass is 326 g/mol. The van der Waals surface area contributed by atoms with Gasteiger partial charge in [0.15, 0.2) is 4.87 Å². The Balaban J connectivity index is 2.61. The highest BCUT2D eigenvalue weighted by Gasteiger charge is 2.58. The van der Waals surface area contributed by atoms with E-state index in [1.54, 1.807) is 0 Å². The largest absolute Gasteiger partial charge is 0.416 e. The van der Waals surface area contributed by atoms with Crippen molar-refractivity contribution in [3.05, 3.63) is 59.7 Å². The Hall–Kier alpha value is -1.43. The van der Waals surface area contributed by atoms with Gasteiger partial charge in [-0.05, 0) is 11.6 Å². The average molecular weight is 327 g/mol. The molecule has 2 unspecified atom stereocenters. The van der Waals surface area contributed by atoms with Crippen LogP contribution in [0.3, 0.4) is 0 Å². The summed E-state index contributed by atoms with van der Waals surface area (Å²) in [4.78, 5) is -2.90. The number of hydrogen-bond donors (Lipinski definition) is 0. The molecule has 1 aliphatic carbocycles. The fraction of sp³-hybridized carbons (Fsp3) is 0.286. The van der Waals surface area contributed by atoms with Crippen molar-refractivity contribution in [1.29, 1.82) is 0 Å². The second kappa shape index (κ2) is 5.09. The molecule has 0 saturated carbocycles. The lowest BCUT2D eigenvalue weighted by Gasteiger charge is -2.35. The zero-order valence-corrected chi connectivity index (χ0v) is 11.1. The highest BCUT2D eigenvalue weighted by atomic mass is 35.5. The Bertz CT molecular complexity index is 584. The summed E-state index contributed by atoms with van der Waals surface area (Å²) in [6, 6.07) is 4.14. The Morgan fingerprint density at radius 1 is 0.952 bits per heavy atom. The summed E-state index contributed by atoms with van der Waals surface area (Å²) in [5.74, 6) is -1.65. The van der Waals surface area contributed by atoms with E-state index in [0.717, 1.165) is 30.4 Å². The fourth-order valence-electron chi connectivity index (χ4n) is 2.24. The zero-order chi connectivity index (χ0) is 15.9. The van der Waals surface area contributed by atoms with Crippen LogP contribution in [0.25, 0.3) is 0 Å². The van der Waals surface area contributed by atoms with Crippen molar-refractivity contribution >= 4 is 11.6 Å². The summed E-state index contributed by atoms with van der Waals surface area (Å²) < 4.78 is 78.5. The molecule has 1 aromatic rings. The summed E-state index contributed by atoms with van der Waals surface area (Å²) in [5.41, 5.74) is -1.62. The number of hydrogen-bond acceptors (Lipinski definition) is 0. The highest BCUT2D eigenvalue weighted by Crippen LogP contribution is 2.51. The molecular weight excluding hydrogens is 318 g/mol. The highest BCUT2D eigenvalue weighted by molar-refractivity contribution is 6.27. The van der Waals surface area contributed by atoms with Crippen LogP contribution in [-0.4, -0.2) is 11.1 Å². The number of benzene rings is 1. The van der Waals surface area contributed by atoms with Crippen molar-refractivity contribution in [2.75, 3.05) is 0 Å². The molecule has 0 spiro atoms. The van der Waals surface area contributed by atoms with Gasteiger partial charge in [-0.3, -0.25) is 0 Å². The molecule has 0 radical (unpaired) electrons. The summed E-state index contributed by atoms with van der Waals surface area (Å²) in [6.07, 6.45) is -5.61. The Morgan fingerprint density at radius 3 is 2.14 bits per heavy atom. The first kappa shape index (κ1) is 15.9. The lowest BCUT2D eigenvalue weighted by molar-refractivity contribution is -0.155. The van der Waals surface area contributed by atoms with Gasteiger partial charge in [0, 0.05) is 5.92 Å². The molecule has 0 N–H and O–H groups in total. The van der Waals surface area contributed by atoms with Crippen molar-refractivity contribution < 1.29 is 26.3 Å². The van der Waals surface area contributed by atoms with Crippen LogP contribution in [0.15, 0.2) is 48.6 Å². The molecule has 0 bridgehead atoms. The molecule has 0 aliphatic heterocycles. The number of allylic oxidation sites excluding steroid dienone is 4. The quantitative estimate of drug-likeness (QED) is 0.475. The van der Waals surface area contributed by atoms with Crippen molar-refractivity contribution in [3.8, 4) is 0 Å². The van der Waals surface area contributed by atoms with E-state index in [2.05, 4.69) is 0 Å². The van der Waals surface area contributed by atoms with Crippen molar-refractivity contribution in [2.24, 2.45) is 0 Å². The molecule has 0 amide bonds. The van der Waals surface area contributed by atoms with Gasteiger partial charge in [0.1, 0.15) is 0 Å². The third-order valence-electron chi connectivity index (χ3n) is 3.24. The van der Waals surface area contributed by atoms with E-state index in [9.17, 15) is 26.3 Å². The molecule has 0 nitrogen and oxygen atoms in total. The predicted octanol–water partition coefficient (Wildman–Crippen LogP) is 5.45. The van der Waals surface area contributed by atoms with Crippen LogP contribution < -0.4 is 0 Å². The molecule has 7 heteroatoms. The van der Waals surface area contributed by atoms with Crippen LogP contribution in [0, 0.1) is 0 Å². The fourth-order valence-corrected chi connectivity index (χ4v) is 2.50. The first-order valence-corrected chi connectivity index (χ1v) is 6.23. The second-order valence-corrected chi connectivity index (χ2v) is 5.20. The van der Waals surface area contributed by atoms with Crippen molar-refractivity contribution in [3.63, 3.8) is 0 Å². The van der Waals surface area contributed by atoms with E-state index in [-0.39, 0.29) is 0 Å².